The van der Waals surface area contributed by atoms with E-state index in [4.69, 9.17) is 4.74 Å². The van der Waals surface area contributed by atoms with E-state index >= 15 is 0 Å². The number of carbonyl (C=O) groups is 3. The van der Waals surface area contributed by atoms with Gasteiger partial charge in [0, 0.05) is 51.3 Å². The average molecular weight is 421 g/mol. The summed E-state index contributed by atoms with van der Waals surface area (Å²) in [5, 5.41) is 0. The van der Waals surface area contributed by atoms with Gasteiger partial charge in [-0.3, -0.25) is 19.3 Å². The SMILES string of the molecule is CC(=O)c1ccc2c(c1)N(CCC(=O)N1CCN(Cc3ccccc3)CC1)C(=O)CO2. The molecule has 0 bridgehead atoms. The van der Waals surface area contributed by atoms with Gasteiger partial charge in [-0.1, -0.05) is 30.3 Å². The van der Waals surface area contributed by atoms with Crippen molar-refractivity contribution in [2.24, 2.45) is 0 Å². The number of hydrogen-bond acceptors (Lipinski definition) is 5. The van der Waals surface area contributed by atoms with Gasteiger partial charge in [-0.2, -0.15) is 0 Å². The Morgan fingerprint density at radius 2 is 1.74 bits per heavy atom. The molecule has 0 saturated carbocycles. The maximum atomic E-state index is 12.8. The summed E-state index contributed by atoms with van der Waals surface area (Å²) in [4.78, 5) is 42.7. The molecule has 4 rings (SSSR count). The Labute approximate surface area is 182 Å². The van der Waals surface area contributed by atoms with Gasteiger partial charge >= 0.3 is 0 Å². The Morgan fingerprint density at radius 1 is 1.00 bits per heavy atom. The van der Waals surface area contributed by atoms with Crippen LogP contribution in [-0.2, 0) is 16.1 Å². The minimum atomic E-state index is -0.200. The molecule has 2 heterocycles. The first kappa shape index (κ1) is 21.1. The third-order valence-electron chi connectivity index (χ3n) is 5.83. The summed E-state index contributed by atoms with van der Waals surface area (Å²) >= 11 is 0. The van der Waals surface area contributed by atoms with Crippen LogP contribution in [0.4, 0.5) is 5.69 Å². The third-order valence-corrected chi connectivity index (χ3v) is 5.83. The highest BCUT2D eigenvalue weighted by Crippen LogP contribution is 2.33. The monoisotopic (exact) mass is 421 g/mol. The van der Waals surface area contributed by atoms with E-state index in [9.17, 15) is 14.4 Å². The van der Waals surface area contributed by atoms with Crippen LogP contribution in [-0.4, -0.2) is 66.7 Å². The molecule has 7 heteroatoms. The zero-order valence-electron chi connectivity index (χ0n) is 17.8. The van der Waals surface area contributed by atoms with Crippen molar-refractivity contribution in [3.8, 4) is 5.75 Å². The first-order chi connectivity index (χ1) is 15.0. The second kappa shape index (κ2) is 9.31. The molecule has 2 aromatic carbocycles. The van der Waals surface area contributed by atoms with Crippen LogP contribution in [0.1, 0.15) is 29.3 Å². The molecule has 7 nitrogen and oxygen atoms in total. The molecule has 2 aliphatic heterocycles. The van der Waals surface area contributed by atoms with Crippen molar-refractivity contribution in [1.82, 2.24) is 9.80 Å². The van der Waals surface area contributed by atoms with E-state index in [0.29, 0.717) is 30.1 Å². The fourth-order valence-corrected chi connectivity index (χ4v) is 4.03. The van der Waals surface area contributed by atoms with E-state index in [1.807, 2.05) is 23.1 Å². The van der Waals surface area contributed by atoms with Gasteiger partial charge in [0.25, 0.3) is 5.91 Å². The fraction of sp³-hybridized carbons (Fsp3) is 0.375. The number of piperazine rings is 1. The van der Waals surface area contributed by atoms with Crippen LogP contribution in [0.5, 0.6) is 5.75 Å². The molecule has 0 radical (unpaired) electrons. The highest BCUT2D eigenvalue weighted by Gasteiger charge is 2.28. The van der Waals surface area contributed by atoms with Crippen LogP contribution in [0.3, 0.4) is 0 Å². The van der Waals surface area contributed by atoms with E-state index in [1.54, 1.807) is 23.1 Å². The standard InChI is InChI=1S/C24H27N3O4/c1-18(28)20-7-8-22-21(15-20)27(24(30)17-31-22)10-9-23(29)26-13-11-25(12-14-26)16-19-5-3-2-4-6-19/h2-8,15H,9-14,16-17H2,1H3. The third kappa shape index (κ3) is 4.94. The van der Waals surface area contributed by atoms with Gasteiger partial charge in [-0.25, -0.2) is 0 Å². The molecule has 31 heavy (non-hydrogen) atoms. The molecule has 2 aromatic rings. The topological polar surface area (TPSA) is 70.2 Å². The van der Waals surface area contributed by atoms with Gasteiger partial charge in [-0.15, -0.1) is 0 Å². The Kier molecular flexibility index (Phi) is 6.32. The van der Waals surface area contributed by atoms with Crippen LogP contribution in [0.25, 0.3) is 0 Å². The highest BCUT2D eigenvalue weighted by atomic mass is 16.5. The molecule has 0 spiro atoms. The second-order valence-electron chi connectivity index (χ2n) is 7.97. The smallest absolute Gasteiger partial charge is 0.265 e. The number of ether oxygens (including phenoxy) is 1. The van der Waals surface area contributed by atoms with Gasteiger partial charge in [0.05, 0.1) is 5.69 Å². The summed E-state index contributed by atoms with van der Waals surface area (Å²) in [5.74, 6) is 0.327. The number of Topliss-reactive ketones (excluding diaryl/α,β-unsaturated/α-hetero) is 1. The minimum absolute atomic E-state index is 0.0444. The number of benzene rings is 2. The van der Waals surface area contributed by atoms with E-state index in [1.165, 1.54) is 12.5 Å². The number of carbonyl (C=O) groups excluding carboxylic acids is 3. The van der Waals surface area contributed by atoms with Crippen molar-refractivity contribution in [3.05, 3.63) is 59.7 Å². The largest absolute Gasteiger partial charge is 0.482 e. The van der Waals surface area contributed by atoms with Crippen LogP contribution in [0.2, 0.25) is 0 Å². The van der Waals surface area contributed by atoms with Gasteiger partial charge in [-0.05, 0) is 30.7 Å². The predicted octanol–water partition coefficient (Wildman–Crippen LogP) is 2.35. The van der Waals surface area contributed by atoms with E-state index in [-0.39, 0.29) is 37.2 Å². The van der Waals surface area contributed by atoms with Crippen molar-refractivity contribution < 1.29 is 19.1 Å². The number of rotatable bonds is 6. The molecule has 1 saturated heterocycles. The van der Waals surface area contributed by atoms with Gasteiger partial charge in [0.1, 0.15) is 5.75 Å². The zero-order valence-corrected chi connectivity index (χ0v) is 17.8. The molecule has 2 aliphatic rings. The second-order valence-corrected chi connectivity index (χ2v) is 7.97. The molecule has 1 fully saturated rings. The summed E-state index contributed by atoms with van der Waals surface area (Å²) in [7, 11) is 0. The Bertz CT molecular complexity index is 968. The molecule has 2 amide bonds. The van der Waals surface area contributed by atoms with Crippen LogP contribution in [0.15, 0.2) is 48.5 Å². The molecular formula is C24H27N3O4. The molecule has 0 aromatic heterocycles. The number of amides is 2. The summed E-state index contributed by atoms with van der Waals surface area (Å²) < 4.78 is 5.48. The quantitative estimate of drug-likeness (QED) is 0.670. The molecule has 0 atom stereocenters. The van der Waals surface area contributed by atoms with E-state index < -0.39 is 0 Å². The lowest BCUT2D eigenvalue weighted by molar-refractivity contribution is -0.132. The van der Waals surface area contributed by atoms with Crippen molar-refractivity contribution >= 4 is 23.3 Å². The number of hydrogen-bond donors (Lipinski definition) is 0. The lowest BCUT2D eigenvalue weighted by atomic mass is 10.1. The molecule has 0 unspecified atom stereocenters. The van der Waals surface area contributed by atoms with Crippen molar-refractivity contribution in [3.63, 3.8) is 0 Å². The van der Waals surface area contributed by atoms with Crippen molar-refractivity contribution in [2.75, 3.05) is 44.2 Å². The van der Waals surface area contributed by atoms with Crippen molar-refractivity contribution in [1.29, 1.82) is 0 Å². The van der Waals surface area contributed by atoms with Gasteiger partial charge in [0.2, 0.25) is 5.91 Å². The Balaban J connectivity index is 1.33. The molecule has 0 N–H and O–H groups in total. The first-order valence-corrected chi connectivity index (χ1v) is 10.6. The summed E-state index contributed by atoms with van der Waals surface area (Å²) in [6.45, 7) is 5.64. The lowest BCUT2D eigenvalue weighted by Crippen LogP contribution is -2.49. The molecular weight excluding hydrogens is 394 g/mol. The number of ketones is 1. The number of nitrogens with zero attached hydrogens (tertiary/aromatic N) is 3. The Morgan fingerprint density at radius 3 is 2.45 bits per heavy atom. The van der Waals surface area contributed by atoms with Crippen LogP contribution < -0.4 is 9.64 Å². The fourth-order valence-electron chi connectivity index (χ4n) is 4.03. The van der Waals surface area contributed by atoms with E-state index in [2.05, 4.69) is 17.0 Å². The number of fused-ring (bicyclic) bond motifs is 1. The molecule has 162 valence electrons. The zero-order chi connectivity index (χ0) is 21.8. The predicted molar refractivity (Wildman–Crippen MR) is 117 cm³/mol. The Hall–Kier alpha value is -3.19. The maximum Gasteiger partial charge on any atom is 0.265 e. The maximum absolute atomic E-state index is 12.8. The van der Waals surface area contributed by atoms with Crippen LogP contribution >= 0.6 is 0 Å². The van der Waals surface area contributed by atoms with E-state index in [0.717, 1.165) is 19.6 Å². The minimum Gasteiger partial charge on any atom is -0.482 e. The van der Waals surface area contributed by atoms with Gasteiger partial charge in [0.15, 0.2) is 12.4 Å². The summed E-state index contributed by atoms with van der Waals surface area (Å²) in [6.07, 6.45) is 0.244. The number of anilines is 1. The normalized spacial score (nSPS) is 16.6. The lowest BCUT2D eigenvalue weighted by Gasteiger charge is -2.35. The summed E-state index contributed by atoms with van der Waals surface area (Å²) in [5.41, 5.74) is 2.35. The van der Waals surface area contributed by atoms with Crippen LogP contribution in [0, 0.1) is 0 Å². The first-order valence-electron chi connectivity index (χ1n) is 10.6. The molecule has 0 aliphatic carbocycles. The summed E-state index contributed by atoms with van der Waals surface area (Å²) in [6, 6.07) is 15.4. The highest BCUT2D eigenvalue weighted by molar-refractivity contribution is 6.01. The van der Waals surface area contributed by atoms with Gasteiger partial charge < -0.3 is 14.5 Å². The van der Waals surface area contributed by atoms with Crippen molar-refractivity contribution in [2.45, 2.75) is 19.9 Å². The average Bonchev–Trinajstić information content (AvgIpc) is 2.79.